The summed E-state index contributed by atoms with van der Waals surface area (Å²) in [6.07, 6.45) is 2.54. The van der Waals surface area contributed by atoms with E-state index in [-0.39, 0.29) is 17.9 Å². The van der Waals surface area contributed by atoms with Crippen molar-refractivity contribution in [1.29, 1.82) is 0 Å². The smallest absolute Gasteiger partial charge is 0.251 e. The molecule has 25 heavy (non-hydrogen) atoms. The standard InChI is InChI=1S/C18H25N3O4/c1-21-14(10-17(22)20-13-4-5-13)11-25-16-6-3-12(9-15(16)21)18(23)19-7-8-24-2/h3,6,9,13-14H,4-5,7-8,10-11H2,1-2H3,(H,19,23)(H,20,22)/t14-/m0/s1. The van der Waals surface area contributed by atoms with Gasteiger partial charge in [0.1, 0.15) is 12.4 Å². The van der Waals surface area contributed by atoms with E-state index in [1.807, 2.05) is 18.0 Å². The monoisotopic (exact) mass is 347 g/mol. The Labute approximate surface area is 147 Å². The molecule has 2 amide bonds. The number of rotatable bonds is 7. The van der Waals surface area contributed by atoms with Gasteiger partial charge in [0.2, 0.25) is 5.91 Å². The number of nitrogens with zero attached hydrogens (tertiary/aromatic N) is 1. The number of carbonyl (C=O) groups excluding carboxylic acids is 2. The van der Waals surface area contributed by atoms with Crippen LogP contribution in [0.15, 0.2) is 18.2 Å². The van der Waals surface area contributed by atoms with Gasteiger partial charge in [-0.05, 0) is 31.0 Å². The number of nitrogens with one attached hydrogen (secondary N) is 2. The summed E-state index contributed by atoms with van der Waals surface area (Å²) in [6.45, 7) is 1.39. The second-order valence-electron chi connectivity index (χ2n) is 6.55. The van der Waals surface area contributed by atoms with E-state index in [1.54, 1.807) is 19.2 Å². The van der Waals surface area contributed by atoms with Crippen molar-refractivity contribution in [1.82, 2.24) is 10.6 Å². The van der Waals surface area contributed by atoms with Crippen molar-refractivity contribution in [2.24, 2.45) is 0 Å². The molecule has 1 atom stereocenters. The van der Waals surface area contributed by atoms with E-state index >= 15 is 0 Å². The fourth-order valence-electron chi connectivity index (χ4n) is 2.84. The van der Waals surface area contributed by atoms with E-state index in [9.17, 15) is 9.59 Å². The lowest BCUT2D eigenvalue weighted by Crippen LogP contribution is -2.44. The van der Waals surface area contributed by atoms with E-state index < -0.39 is 0 Å². The number of amides is 2. The molecule has 1 aliphatic carbocycles. The van der Waals surface area contributed by atoms with Crippen LogP contribution >= 0.6 is 0 Å². The molecule has 1 aromatic rings. The lowest BCUT2D eigenvalue weighted by Gasteiger charge is -2.35. The highest BCUT2D eigenvalue weighted by molar-refractivity contribution is 5.95. The zero-order valence-corrected chi connectivity index (χ0v) is 14.7. The van der Waals surface area contributed by atoms with Crippen LogP contribution in [0.2, 0.25) is 0 Å². The fraction of sp³-hybridized carbons (Fsp3) is 0.556. The number of hydrogen-bond donors (Lipinski definition) is 2. The Morgan fingerprint density at radius 1 is 1.36 bits per heavy atom. The summed E-state index contributed by atoms with van der Waals surface area (Å²) in [5.74, 6) is 0.636. The number of benzene rings is 1. The third-order valence-corrected chi connectivity index (χ3v) is 4.54. The SMILES string of the molecule is COCCNC(=O)c1ccc2c(c1)N(C)[C@@H](CC(=O)NC1CC1)CO2. The summed E-state index contributed by atoms with van der Waals surface area (Å²) < 4.78 is 10.7. The van der Waals surface area contributed by atoms with E-state index in [0.717, 1.165) is 24.3 Å². The average molecular weight is 347 g/mol. The minimum atomic E-state index is -0.151. The van der Waals surface area contributed by atoms with Crippen LogP contribution in [-0.4, -0.2) is 57.8 Å². The molecular formula is C18H25N3O4. The highest BCUT2D eigenvalue weighted by atomic mass is 16.5. The minimum Gasteiger partial charge on any atom is -0.489 e. The molecule has 1 fully saturated rings. The number of ether oxygens (including phenoxy) is 2. The number of anilines is 1. The van der Waals surface area contributed by atoms with Crippen molar-refractivity contribution in [2.45, 2.75) is 31.3 Å². The number of likely N-dealkylation sites (N-methyl/N-ethyl adjacent to an activating group) is 1. The lowest BCUT2D eigenvalue weighted by molar-refractivity contribution is -0.121. The van der Waals surface area contributed by atoms with Gasteiger partial charge >= 0.3 is 0 Å². The summed E-state index contributed by atoms with van der Waals surface area (Å²) in [7, 11) is 3.53. The van der Waals surface area contributed by atoms with Gasteiger partial charge in [0.05, 0.1) is 24.8 Å². The Bertz CT molecular complexity index is 645. The first-order valence-electron chi connectivity index (χ1n) is 8.64. The van der Waals surface area contributed by atoms with Gasteiger partial charge in [-0.3, -0.25) is 9.59 Å². The van der Waals surface area contributed by atoms with Crippen molar-refractivity contribution in [3.63, 3.8) is 0 Å². The van der Waals surface area contributed by atoms with Crippen molar-refractivity contribution < 1.29 is 19.1 Å². The molecule has 3 rings (SSSR count). The van der Waals surface area contributed by atoms with Gasteiger partial charge in [-0.2, -0.15) is 0 Å². The van der Waals surface area contributed by atoms with Gasteiger partial charge < -0.3 is 25.0 Å². The quantitative estimate of drug-likeness (QED) is 0.717. The third kappa shape index (κ3) is 4.42. The Balaban J connectivity index is 1.65. The third-order valence-electron chi connectivity index (χ3n) is 4.54. The number of carbonyl (C=O) groups is 2. The lowest BCUT2D eigenvalue weighted by atomic mass is 10.1. The number of methoxy groups -OCH3 is 1. The van der Waals surface area contributed by atoms with E-state index in [0.29, 0.717) is 37.8 Å². The fourth-order valence-corrected chi connectivity index (χ4v) is 2.84. The molecule has 0 spiro atoms. The van der Waals surface area contributed by atoms with Crippen LogP contribution < -0.4 is 20.3 Å². The predicted octanol–water partition coefficient (Wildman–Crippen LogP) is 0.929. The zero-order chi connectivity index (χ0) is 17.8. The summed E-state index contributed by atoms with van der Waals surface area (Å²) in [5.41, 5.74) is 1.39. The van der Waals surface area contributed by atoms with Crippen LogP contribution in [0.4, 0.5) is 5.69 Å². The summed E-state index contributed by atoms with van der Waals surface area (Å²) in [5, 5.41) is 5.81. The second kappa shape index (κ2) is 7.74. The van der Waals surface area contributed by atoms with Gasteiger partial charge in [0.15, 0.2) is 0 Å². The Morgan fingerprint density at radius 3 is 2.88 bits per heavy atom. The molecule has 0 saturated heterocycles. The van der Waals surface area contributed by atoms with Crippen LogP contribution in [0.5, 0.6) is 5.75 Å². The molecule has 136 valence electrons. The normalized spacial score (nSPS) is 19.0. The molecule has 1 aliphatic heterocycles. The Hall–Kier alpha value is -2.28. The van der Waals surface area contributed by atoms with Crippen LogP contribution in [0, 0.1) is 0 Å². The molecule has 0 aromatic heterocycles. The molecule has 1 heterocycles. The van der Waals surface area contributed by atoms with Crippen LogP contribution in [-0.2, 0) is 9.53 Å². The molecule has 7 nitrogen and oxygen atoms in total. The largest absolute Gasteiger partial charge is 0.489 e. The molecule has 0 bridgehead atoms. The second-order valence-corrected chi connectivity index (χ2v) is 6.55. The average Bonchev–Trinajstić information content (AvgIpc) is 3.41. The summed E-state index contributed by atoms with van der Waals surface area (Å²) >= 11 is 0. The van der Waals surface area contributed by atoms with Gasteiger partial charge in [-0.15, -0.1) is 0 Å². The maximum atomic E-state index is 12.2. The Morgan fingerprint density at radius 2 is 2.16 bits per heavy atom. The van der Waals surface area contributed by atoms with Gasteiger partial charge in [0, 0.05) is 32.3 Å². The summed E-state index contributed by atoms with van der Waals surface area (Å²) in [4.78, 5) is 26.3. The molecule has 2 aliphatic rings. The van der Waals surface area contributed by atoms with Gasteiger partial charge in [-0.25, -0.2) is 0 Å². The Kier molecular flexibility index (Phi) is 5.43. The van der Waals surface area contributed by atoms with Gasteiger partial charge in [0.25, 0.3) is 5.91 Å². The van der Waals surface area contributed by atoms with Crippen molar-refractivity contribution >= 4 is 17.5 Å². The van der Waals surface area contributed by atoms with E-state index in [4.69, 9.17) is 9.47 Å². The van der Waals surface area contributed by atoms with Gasteiger partial charge in [-0.1, -0.05) is 0 Å². The first kappa shape index (κ1) is 17.5. The van der Waals surface area contributed by atoms with Crippen molar-refractivity contribution in [3.8, 4) is 5.75 Å². The molecule has 0 radical (unpaired) electrons. The highest BCUT2D eigenvalue weighted by Gasteiger charge is 2.30. The molecule has 2 N–H and O–H groups in total. The maximum Gasteiger partial charge on any atom is 0.251 e. The predicted molar refractivity (Wildman–Crippen MR) is 94.1 cm³/mol. The highest BCUT2D eigenvalue weighted by Crippen LogP contribution is 2.34. The van der Waals surface area contributed by atoms with Crippen LogP contribution in [0.25, 0.3) is 0 Å². The van der Waals surface area contributed by atoms with Crippen LogP contribution in [0.1, 0.15) is 29.6 Å². The summed E-state index contributed by atoms with van der Waals surface area (Å²) in [6, 6.07) is 5.67. The molecule has 7 heteroatoms. The molecule has 1 saturated carbocycles. The number of fused-ring (bicyclic) bond motifs is 1. The minimum absolute atomic E-state index is 0.0435. The molecule has 1 aromatic carbocycles. The topological polar surface area (TPSA) is 79.9 Å². The molecular weight excluding hydrogens is 322 g/mol. The van der Waals surface area contributed by atoms with Crippen molar-refractivity contribution in [2.75, 3.05) is 38.8 Å². The first-order valence-corrected chi connectivity index (χ1v) is 8.64. The first-order chi connectivity index (χ1) is 12.1. The van der Waals surface area contributed by atoms with E-state index in [2.05, 4.69) is 10.6 Å². The van der Waals surface area contributed by atoms with Crippen LogP contribution in [0.3, 0.4) is 0 Å². The molecule has 0 unspecified atom stereocenters. The number of hydrogen-bond acceptors (Lipinski definition) is 5. The maximum absolute atomic E-state index is 12.2. The van der Waals surface area contributed by atoms with Crippen molar-refractivity contribution in [3.05, 3.63) is 23.8 Å². The van der Waals surface area contributed by atoms with E-state index in [1.165, 1.54) is 0 Å². The zero-order valence-electron chi connectivity index (χ0n) is 14.7.